The Labute approximate surface area is 121 Å². The van der Waals surface area contributed by atoms with Crippen molar-refractivity contribution in [1.29, 1.82) is 0 Å². The van der Waals surface area contributed by atoms with E-state index in [9.17, 15) is 4.79 Å². The van der Waals surface area contributed by atoms with Gasteiger partial charge in [-0.25, -0.2) is 0 Å². The molecule has 1 amide bonds. The van der Waals surface area contributed by atoms with Gasteiger partial charge in [0.15, 0.2) is 0 Å². The molecule has 0 spiro atoms. The molecule has 2 N–H and O–H groups in total. The van der Waals surface area contributed by atoms with Crippen molar-refractivity contribution in [2.45, 2.75) is 50.6 Å². The average Bonchev–Trinajstić information content (AvgIpc) is 2.86. The number of benzene rings is 1. The molecule has 1 aliphatic carbocycles. The highest BCUT2D eigenvalue weighted by molar-refractivity contribution is 5.77. The fraction of sp³-hybridized carbons (Fsp3) is 0.588. The van der Waals surface area contributed by atoms with Crippen LogP contribution in [0, 0.1) is 5.92 Å². The van der Waals surface area contributed by atoms with Crippen LogP contribution in [0.25, 0.3) is 0 Å². The molecule has 2 atom stereocenters. The standard InChI is InChI=1S/C17H24N2O/c18-15(13-6-2-1-3-7-13)12-17(20)19-11-5-10-16(19)14-8-4-9-14/h1-3,6-7,14-16H,4-5,8-12,18H2. The molecule has 1 aromatic carbocycles. The number of amides is 1. The summed E-state index contributed by atoms with van der Waals surface area (Å²) in [5.41, 5.74) is 7.24. The molecule has 3 nitrogen and oxygen atoms in total. The summed E-state index contributed by atoms with van der Waals surface area (Å²) in [6.07, 6.45) is 6.74. The van der Waals surface area contributed by atoms with E-state index in [1.807, 2.05) is 30.3 Å². The van der Waals surface area contributed by atoms with Crippen molar-refractivity contribution in [2.75, 3.05) is 6.54 Å². The van der Waals surface area contributed by atoms with Gasteiger partial charge in [-0.2, -0.15) is 0 Å². The van der Waals surface area contributed by atoms with Crippen LogP contribution in [0.5, 0.6) is 0 Å². The third-order valence-electron chi connectivity index (χ3n) is 4.94. The van der Waals surface area contributed by atoms with E-state index in [0.717, 1.165) is 24.4 Å². The van der Waals surface area contributed by atoms with Crippen LogP contribution in [-0.2, 0) is 4.79 Å². The number of carbonyl (C=O) groups excluding carboxylic acids is 1. The average molecular weight is 272 g/mol. The van der Waals surface area contributed by atoms with Crippen LogP contribution in [-0.4, -0.2) is 23.4 Å². The second-order valence-electron chi connectivity index (χ2n) is 6.21. The second kappa shape index (κ2) is 5.96. The lowest BCUT2D eigenvalue weighted by atomic mass is 9.78. The van der Waals surface area contributed by atoms with Crippen LogP contribution in [0.4, 0.5) is 0 Å². The third kappa shape index (κ3) is 2.73. The predicted octanol–water partition coefficient (Wildman–Crippen LogP) is 2.87. The number of nitrogens with two attached hydrogens (primary N) is 1. The number of likely N-dealkylation sites (tertiary alicyclic amines) is 1. The van der Waals surface area contributed by atoms with E-state index in [1.165, 1.54) is 25.7 Å². The van der Waals surface area contributed by atoms with E-state index in [0.29, 0.717) is 12.5 Å². The Morgan fingerprint density at radius 2 is 1.95 bits per heavy atom. The molecular formula is C17H24N2O. The smallest absolute Gasteiger partial charge is 0.224 e. The van der Waals surface area contributed by atoms with Crippen molar-refractivity contribution < 1.29 is 4.79 Å². The summed E-state index contributed by atoms with van der Waals surface area (Å²) >= 11 is 0. The molecule has 108 valence electrons. The second-order valence-corrected chi connectivity index (χ2v) is 6.21. The van der Waals surface area contributed by atoms with Crippen molar-refractivity contribution in [3.05, 3.63) is 35.9 Å². The van der Waals surface area contributed by atoms with E-state index in [4.69, 9.17) is 5.73 Å². The van der Waals surface area contributed by atoms with Gasteiger partial charge in [-0.15, -0.1) is 0 Å². The fourth-order valence-corrected chi connectivity index (χ4v) is 3.54. The number of hydrogen-bond acceptors (Lipinski definition) is 2. The maximum atomic E-state index is 12.5. The first-order valence-corrected chi connectivity index (χ1v) is 7.85. The first-order chi connectivity index (χ1) is 9.75. The monoisotopic (exact) mass is 272 g/mol. The minimum atomic E-state index is -0.175. The zero-order valence-electron chi connectivity index (χ0n) is 12.0. The van der Waals surface area contributed by atoms with Gasteiger partial charge in [0.2, 0.25) is 5.91 Å². The molecule has 3 rings (SSSR count). The van der Waals surface area contributed by atoms with Gasteiger partial charge in [-0.1, -0.05) is 36.8 Å². The summed E-state index contributed by atoms with van der Waals surface area (Å²) in [6.45, 7) is 0.932. The van der Waals surface area contributed by atoms with Gasteiger partial charge in [-0.3, -0.25) is 4.79 Å². The van der Waals surface area contributed by atoms with Gasteiger partial charge in [0.05, 0.1) is 0 Å². The van der Waals surface area contributed by atoms with Crippen LogP contribution in [0.15, 0.2) is 30.3 Å². The van der Waals surface area contributed by atoms with Crippen molar-refractivity contribution in [2.24, 2.45) is 11.7 Å². The largest absolute Gasteiger partial charge is 0.339 e. The van der Waals surface area contributed by atoms with Crippen molar-refractivity contribution in [3.8, 4) is 0 Å². The fourth-order valence-electron chi connectivity index (χ4n) is 3.54. The molecule has 0 bridgehead atoms. The van der Waals surface area contributed by atoms with E-state index < -0.39 is 0 Å². The molecule has 1 aromatic rings. The molecule has 1 saturated carbocycles. The molecule has 3 heteroatoms. The van der Waals surface area contributed by atoms with Crippen molar-refractivity contribution >= 4 is 5.91 Å². The van der Waals surface area contributed by atoms with E-state index in [1.54, 1.807) is 0 Å². The Balaban J connectivity index is 1.61. The minimum absolute atomic E-state index is 0.175. The summed E-state index contributed by atoms with van der Waals surface area (Å²) in [6, 6.07) is 10.3. The Kier molecular flexibility index (Phi) is 4.06. The van der Waals surface area contributed by atoms with Gasteiger partial charge in [0, 0.05) is 25.0 Å². The summed E-state index contributed by atoms with van der Waals surface area (Å²) < 4.78 is 0. The lowest BCUT2D eigenvalue weighted by molar-refractivity contribution is -0.134. The molecule has 1 heterocycles. The summed E-state index contributed by atoms with van der Waals surface area (Å²) in [7, 11) is 0. The molecule has 1 aliphatic heterocycles. The molecule has 2 fully saturated rings. The molecular weight excluding hydrogens is 248 g/mol. The predicted molar refractivity (Wildman–Crippen MR) is 80.1 cm³/mol. The maximum Gasteiger partial charge on any atom is 0.224 e. The van der Waals surface area contributed by atoms with Crippen LogP contribution in [0.2, 0.25) is 0 Å². The van der Waals surface area contributed by atoms with Crippen LogP contribution in [0.3, 0.4) is 0 Å². The quantitative estimate of drug-likeness (QED) is 0.916. The van der Waals surface area contributed by atoms with E-state index in [2.05, 4.69) is 4.90 Å². The Morgan fingerprint density at radius 3 is 2.60 bits per heavy atom. The van der Waals surface area contributed by atoms with Crippen LogP contribution >= 0.6 is 0 Å². The summed E-state index contributed by atoms with van der Waals surface area (Å²) in [4.78, 5) is 14.6. The van der Waals surface area contributed by atoms with Crippen LogP contribution in [0.1, 0.15) is 50.1 Å². The SMILES string of the molecule is NC(CC(=O)N1CCCC1C1CCC1)c1ccccc1. The molecule has 1 saturated heterocycles. The number of hydrogen-bond donors (Lipinski definition) is 1. The summed E-state index contributed by atoms with van der Waals surface area (Å²) in [5, 5.41) is 0. The van der Waals surface area contributed by atoms with E-state index in [-0.39, 0.29) is 11.9 Å². The number of nitrogens with zero attached hydrogens (tertiary/aromatic N) is 1. The lowest BCUT2D eigenvalue weighted by Crippen LogP contribution is -2.43. The zero-order valence-corrected chi connectivity index (χ0v) is 12.0. The third-order valence-corrected chi connectivity index (χ3v) is 4.94. The normalized spacial score (nSPS) is 24.4. The van der Waals surface area contributed by atoms with Gasteiger partial charge >= 0.3 is 0 Å². The van der Waals surface area contributed by atoms with Crippen molar-refractivity contribution in [1.82, 2.24) is 4.90 Å². The minimum Gasteiger partial charge on any atom is -0.339 e. The Morgan fingerprint density at radius 1 is 1.20 bits per heavy atom. The first-order valence-electron chi connectivity index (χ1n) is 7.85. The summed E-state index contributed by atoms with van der Waals surface area (Å²) in [5.74, 6) is 1.00. The molecule has 2 unspecified atom stereocenters. The molecule has 2 aliphatic rings. The Hall–Kier alpha value is -1.35. The first kappa shape index (κ1) is 13.6. The highest BCUT2D eigenvalue weighted by Crippen LogP contribution is 2.37. The molecule has 0 aromatic heterocycles. The van der Waals surface area contributed by atoms with E-state index >= 15 is 0 Å². The highest BCUT2D eigenvalue weighted by atomic mass is 16.2. The topological polar surface area (TPSA) is 46.3 Å². The molecule has 20 heavy (non-hydrogen) atoms. The van der Waals surface area contributed by atoms with Gasteiger partial charge in [0.25, 0.3) is 0 Å². The van der Waals surface area contributed by atoms with Gasteiger partial charge in [-0.05, 0) is 37.2 Å². The Bertz CT molecular complexity index is 455. The highest BCUT2D eigenvalue weighted by Gasteiger charge is 2.37. The van der Waals surface area contributed by atoms with Crippen LogP contribution < -0.4 is 5.73 Å². The van der Waals surface area contributed by atoms with Crippen molar-refractivity contribution in [3.63, 3.8) is 0 Å². The molecule has 0 radical (unpaired) electrons. The lowest BCUT2D eigenvalue weighted by Gasteiger charge is -2.37. The zero-order chi connectivity index (χ0) is 13.9. The maximum absolute atomic E-state index is 12.5. The number of carbonyl (C=O) groups is 1. The van der Waals surface area contributed by atoms with Gasteiger partial charge in [0.1, 0.15) is 0 Å². The number of rotatable bonds is 4. The van der Waals surface area contributed by atoms with Gasteiger partial charge < -0.3 is 10.6 Å².